The average molecular weight is 280 g/mol. The van der Waals surface area contributed by atoms with Crippen molar-refractivity contribution in [1.29, 1.82) is 0 Å². The fourth-order valence-electron chi connectivity index (χ4n) is 3.23. The minimum atomic E-state index is 0.309. The van der Waals surface area contributed by atoms with Crippen LogP contribution in [-0.4, -0.2) is 36.5 Å². The Morgan fingerprint density at radius 1 is 1.20 bits per heavy atom. The van der Waals surface area contributed by atoms with Crippen molar-refractivity contribution in [1.82, 2.24) is 10.2 Å². The van der Waals surface area contributed by atoms with Gasteiger partial charge >= 0.3 is 0 Å². The minimum absolute atomic E-state index is 0.309. The lowest BCUT2D eigenvalue weighted by Crippen LogP contribution is -2.52. The summed E-state index contributed by atoms with van der Waals surface area (Å²) in [4.78, 5) is 14.2. The Morgan fingerprint density at radius 2 is 1.90 bits per heavy atom. The Morgan fingerprint density at radius 3 is 2.45 bits per heavy atom. The van der Waals surface area contributed by atoms with Gasteiger partial charge in [-0.05, 0) is 30.1 Å². The lowest BCUT2D eigenvalue weighted by Gasteiger charge is -2.39. The molecule has 3 nitrogen and oxygen atoms in total. The van der Waals surface area contributed by atoms with Gasteiger partial charge in [-0.15, -0.1) is 0 Å². The van der Waals surface area contributed by atoms with E-state index < -0.39 is 0 Å². The zero-order valence-electron chi connectivity index (χ0n) is 13.7. The molecule has 0 spiro atoms. The molecule has 0 radical (unpaired) electrons. The number of rotatable bonds is 5. The molecule has 1 saturated carbocycles. The number of nitrogens with one attached hydrogen (secondary N) is 1. The SMILES string of the molecule is CCC(=O)N1CC(CC2CC2)CC(NCC(C)(C)C)C1. The molecule has 1 saturated heterocycles. The van der Waals surface area contributed by atoms with Gasteiger partial charge in [0.05, 0.1) is 0 Å². The molecule has 2 rings (SSSR count). The number of carbonyl (C=O) groups is 1. The third-order valence-corrected chi connectivity index (χ3v) is 4.48. The standard InChI is InChI=1S/C17H32N2O/c1-5-16(20)19-10-14(8-13-6-7-13)9-15(11-19)18-12-17(2,3)4/h13-15,18H,5-12H2,1-4H3. The van der Waals surface area contributed by atoms with E-state index in [1.165, 1.54) is 25.7 Å². The summed E-state index contributed by atoms with van der Waals surface area (Å²) in [6.07, 6.45) is 6.06. The zero-order valence-corrected chi connectivity index (χ0v) is 13.7. The van der Waals surface area contributed by atoms with E-state index in [1.807, 2.05) is 6.92 Å². The monoisotopic (exact) mass is 280 g/mol. The maximum absolute atomic E-state index is 12.1. The fraction of sp³-hybridized carbons (Fsp3) is 0.941. The van der Waals surface area contributed by atoms with Gasteiger partial charge < -0.3 is 10.2 Å². The molecule has 0 aromatic carbocycles. The van der Waals surface area contributed by atoms with Crippen LogP contribution in [0, 0.1) is 17.3 Å². The van der Waals surface area contributed by atoms with Gasteiger partial charge in [-0.25, -0.2) is 0 Å². The molecule has 1 aliphatic heterocycles. The molecule has 3 heteroatoms. The third kappa shape index (κ3) is 5.08. The Bertz CT molecular complexity index is 330. The van der Waals surface area contributed by atoms with Crippen LogP contribution in [0.25, 0.3) is 0 Å². The highest BCUT2D eigenvalue weighted by molar-refractivity contribution is 5.76. The van der Waals surface area contributed by atoms with Crippen molar-refractivity contribution in [3.63, 3.8) is 0 Å². The summed E-state index contributed by atoms with van der Waals surface area (Å²) in [6, 6.07) is 0.488. The summed E-state index contributed by atoms with van der Waals surface area (Å²) in [6.45, 7) is 11.7. The van der Waals surface area contributed by atoms with Gasteiger partial charge in [0.2, 0.25) is 5.91 Å². The number of nitrogens with zero attached hydrogens (tertiary/aromatic N) is 1. The van der Waals surface area contributed by atoms with E-state index in [2.05, 4.69) is 31.0 Å². The van der Waals surface area contributed by atoms with Gasteiger partial charge in [0.1, 0.15) is 0 Å². The first-order valence-corrected chi connectivity index (χ1v) is 8.38. The van der Waals surface area contributed by atoms with Crippen LogP contribution < -0.4 is 5.32 Å². The Labute approximate surface area is 124 Å². The number of piperidine rings is 1. The molecule has 0 aromatic rings. The van der Waals surface area contributed by atoms with Crippen molar-refractivity contribution >= 4 is 5.91 Å². The summed E-state index contributed by atoms with van der Waals surface area (Å²) >= 11 is 0. The van der Waals surface area contributed by atoms with E-state index in [0.717, 1.165) is 25.6 Å². The maximum atomic E-state index is 12.1. The number of hydrogen-bond acceptors (Lipinski definition) is 2. The molecule has 20 heavy (non-hydrogen) atoms. The highest BCUT2D eigenvalue weighted by Gasteiger charge is 2.33. The van der Waals surface area contributed by atoms with Crippen LogP contribution in [0.3, 0.4) is 0 Å². The van der Waals surface area contributed by atoms with Crippen LogP contribution in [0.2, 0.25) is 0 Å². The molecule has 2 aliphatic rings. The largest absolute Gasteiger partial charge is 0.341 e. The first kappa shape index (κ1) is 15.8. The van der Waals surface area contributed by atoms with Crippen LogP contribution >= 0.6 is 0 Å². The van der Waals surface area contributed by atoms with Crippen molar-refractivity contribution in [2.75, 3.05) is 19.6 Å². The summed E-state index contributed by atoms with van der Waals surface area (Å²) in [5.41, 5.74) is 0.309. The normalized spacial score (nSPS) is 27.7. The molecular weight excluding hydrogens is 248 g/mol. The van der Waals surface area contributed by atoms with Crippen LogP contribution in [-0.2, 0) is 4.79 Å². The van der Waals surface area contributed by atoms with Crippen LogP contribution in [0.5, 0.6) is 0 Å². The quantitative estimate of drug-likeness (QED) is 0.839. The van der Waals surface area contributed by atoms with E-state index in [0.29, 0.717) is 29.7 Å². The summed E-state index contributed by atoms with van der Waals surface area (Å²) in [5.74, 6) is 2.00. The second-order valence-corrected chi connectivity index (χ2v) is 8.07. The van der Waals surface area contributed by atoms with Gasteiger partial charge in [-0.3, -0.25) is 4.79 Å². The van der Waals surface area contributed by atoms with E-state index >= 15 is 0 Å². The molecule has 0 aromatic heterocycles. The van der Waals surface area contributed by atoms with Crippen LogP contribution in [0.15, 0.2) is 0 Å². The van der Waals surface area contributed by atoms with Gasteiger partial charge in [-0.2, -0.15) is 0 Å². The van der Waals surface area contributed by atoms with E-state index in [-0.39, 0.29) is 0 Å². The van der Waals surface area contributed by atoms with Crippen LogP contribution in [0.1, 0.15) is 59.8 Å². The summed E-state index contributed by atoms with van der Waals surface area (Å²) in [5, 5.41) is 3.70. The van der Waals surface area contributed by atoms with Gasteiger partial charge in [0.15, 0.2) is 0 Å². The molecule has 1 amide bonds. The Hall–Kier alpha value is -0.570. The van der Waals surface area contributed by atoms with Crippen molar-refractivity contribution in [3.8, 4) is 0 Å². The van der Waals surface area contributed by atoms with Crippen molar-refractivity contribution in [2.24, 2.45) is 17.3 Å². The predicted molar refractivity (Wildman–Crippen MR) is 83.6 cm³/mol. The smallest absolute Gasteiger partial charge is 0.222 e. The fourth-order valence-corrected chi connectivity index (χ4v) is 3.23. The lowest BCUT2D eigenvalue weighted by atomic mass is 9.88. The lowest BCUT2D eigenvalue weighted by molar-refractivity contribution is -0.133. The van der Waals surface area contributed by atoms with Crippen LogP contribution in [0.4, 0.5) is 0 Å². The molecule has 2 atom stereocenters. The third-order valence-electron chi connectivity index (χ3n) is 4.48. The number of amides is 1. The second-order valence-electron chi connectivity index (χ2n) is 8.07. The molecule has 2 unspecified atom stereocenters. The molecule has 2 fully saturated rings. The highest BCUT2D eigenvalue weighted by Crippen LogP contribution is 2.37. The Kier molecular flexibility index (Phi) is 5.11. The highest BCUT2D eigenvalue weighted by atomic mass is 16.2. The first-order chi connectivity index (χ1) is 9.37. The Balaban J connectivity index is 1.90. The van der Waals surface area contributed by atoms with Crippen molar-refractivity contribution < 1.29 is 4.79 Å². The molecule has 1 aliphatic carbocycles. The maximum Gasteiger partial charge on any atom is 0.222 e. The number of likely N-dealkylation sites (tertiary alicyclic amines) is 1. The molecule has 1 heterocycles. The zero-order chi connectivity index (χ0) is 14.8. The van der Waals surface area contributed by atoms with Crippen molar-refractivity contribution in [2.45, 2.75) is 65.8 Å². The van der Waals surface area contributed by atoms with Crippen molar-refractivity contribution in [3.05, 3.63) is 0 Å². The predicted octanol–water partition coefficient (Wildman–Crippen LogP) is 3.05. The summed E-state index contributed by atoms with van der Waals surface area (Å²) < 4.78 is 0. The molecule has 0 bridgehead atoms. The first-order valence-electron chi connectivity index (χ1n) is 8.38. The average Bonchev–Trinajstić information content (AvgIpc) is 3.18. The molecular formula is C17H32N2O. The minimum Gasteiger partial charge on any atom is -0.341 e. The topological polar surface area (TPSA) is 32.3 Å². The van der Waals surface area contributed by atoms with E-state index in [1.54, 1.807) is 0 Å². The van der Waals surface area contributed by atoms with Gasteiger partial charge in [0.25, 0.3) is 0 Å². The van der Waals surface area contributed by atoms with E-state index in [4.69, 9.17) is 0 Å². The van der Waals surface area contributed by atoms with Gasteiger partial charge in [0, 0.05) is 32.1 Å². The summed E-state index contributed by atoms with van der Waals surface area (Å²) in [7, 11) is 0. The van der Waals surface area contributed by atoms with E-state index in [9.17, 15) is 4.79 Å². The molecule has 1 N–H and O–H groups in total. The number of hydrogen-bond donors (Lipinski definition) is 1. The molecule has 116 valence electrons. The van der Waals surface area contributed by atoms with Gasteiger partial charge in [-0.1, -0.05) is 40.5 Å². The second kappa shape index (κ2) is 6.46. The number of carbonyl (C=O) groups excluding carboxylic acids is 1.